The molecule has 0 radical (unpaired) electrons. The lowest BCUT2D eigenvalue weighted by atomic mass is 10.3. The molecule has 0 atom stereocenters. The van der Waals surface area contributed by atoms with Crippen molar-refractivity contribution in [3.63, 3.8) is 0 Å². The zero-order chi connectivity index (χ0) is 14.8. The van der Waals surface area contributed by atoms with Crippen LogP contribution in [0.4, 0.5) is 10.8 Å². The van der Waals surface area contributed by atoms with E-state index >= 15 is 0 Å². The highest BCUT2D eigenvalue weighted by Crippen LogP contribution is 2.28. The minimum Gasteiger partial charge on any atom is -0.382 e. The van der Waals surface area contributed by atoms with Gasteiger partial charge in [-0.1, -0.05) is 0 Å². The van der Waals surface area contributed by atoms with Crippen molar-refractivity contribution < 1.29 is 9.59 Å². The van der Waals surface area contributed by atoms with Gasteiger partial charge in [0.2, 0.25) is 5.91 Å². The van der Waals surface area contributed by atoms with Crippen molar-refractivity contribution in [3.8, 4) is 0 Å². The van der Waals surface area contributed by atoms with E-state index in [4.69, 9.17) is 5.73 Å². The van der Waals surface area contributed by atoms with Crippen LogP contribution in [0.1, 0.15) is 36.0 Å². The Morgan fingerprint density at radius 3 is 2.71 bits per heavy atom. The van der Waals surface area contributed by atoms with Crippen LogP contribution in [-0.2, 0) is 4.79 Å². The first-order valence-electron chi connectivity index (χ1n) is 7.23. The van der Waals surface area contributed by atoms with Crippen LogP contribution in [0.15, 0.2) is 0 Å². The fourth-order valence-electron chi connectivity index (χ4n) is 2.36. The van der Waals surface area contributed by atoms with Gasteiger partial charge in [0.1, 0.15) is 10.6 Å². The molecule has 114 valence electrons. The molecule has 2 aliphatic rings. The summed E-state index contributed by atoms with van der Waals surface area (Å²) in [6.07, 6.45) is 4.15. The summed E-state index contributed by atoms with van der Waals surface area (Å²) in [6, 6.07) is 0.260. The topological polar surface area (TPSA) is 100 Å². The number of hydrogen-bond acceptors (Lipinski definition) is 6. The van der Waals surface area contributed by atoms with Gasteiger partial charge in [0.15, 0.2) is 5.82 Å². The smallest absolute Gasteiger partial charge is 0.258 e. The van der Waals surface area contributed by atoms with E-state index in [1.165, 1.54) is 0 Å². The van der Waals surface area contributed by atoms with Crippen molar-refractivity contribution >= 4 is 34.2 Å². The number of carbonyl (C=O) groups is 2. The zero-order valence-corrected chi connectivity index (χ0v) is 12.5. The summed E-state index contributed by atoms with van der Waals surface area (Å²) in [6.45, 7) is 1.81. The molecule has 2 amide bonds. The number of likely N-dealkylation sites (tertiary alicyclic amines) is 1. The van der Waals surface area contributed by atoms with Gasteiger partial charge >= 0.3 is 0 Å². The van der Waals surface area contributed by atoms with E-state index < -0.39 is 0 Å². The predicted molar refractivity (Wildman–Crippen MR) is 81.3 cm³/mol. The normalized spacial score (nSPS) is 17.8. The third kappa shape index (κ3) is 3.26. The molecule has 1 aromatic heterocycles. The lowest BCUT2D eigenvalue weighted by molar-refractivity contribution is -0.128. The number of rotatable bonds is 5. The number of amides is 2. The highest BCUT2D eigenvalue weighted by molar-refractivity contribution is 7.11. The summed E-state index contributed by atoms with van der Waals surface area (Å²) >= 11 is 1.12. The van der Waals surface area contributed by atoms with Gasteiger partial charge in [-0.15, -0.1) is 0 Å². The first-order valence-corrected chi connectivity index (χ1v) is 8.00. The van der Waals surface area contributed by atoms with Crippen molar-refractivity contribution in [1.82, 2.24) is 14.6 Å². The standard InChI is InChI=1S/C13H19N5O2S/c14-11-10(12(20)16-8-3-4-8)13(21-17-11)15-7-9(19)18-5-1-2-6-18/h8,15H,1-7H2,(H2,14,17)(H,16,20). The molecule has 21 heavy (non-hydrogen) atoms. The largest absolute Gasteiger partial charge is 0.382 e. The molecular formula is C13H19N5O2S. The second-order valence-electron chi connectivity index (χ2n) is 5.46. The molecule has 0 bridgehead atoms. The van der Waals surface area contributed by atoms with Gasteiger partial charge in [0, 0.05) is 19.1 Å². The maximum atomic E-state index is 12.1. The number of aromatic nitrogens is 1. The Hall–Kier alpha value is -1.83. The van der Waals surface area contributed by atoms with E-state index in [-0.39, 0.29) is 30.2 Å². The van der Waals surface area contributed by atoms with Gasteiger partial charge in [0.05, 0.1) is 6.54 Å². The fourth-order valence-corrected chi connectivity index (χ4v) is 3.07. The van der Waals surface area contributed by atoms with E-state index in [0.29, 0.717) is 10.6 Å². The maximum absolute atomic E-state index is 12.1. The number of anilines is 2. The lowest BCUT2D eigenvalue weighted by Gasteiger charge is -2.15. The second kappa shape index (κ2) is 5.88. The zero-order valence-electron chi connectivity index (χ0n) is 11.7. The predicted octanol–water partition coefficient (Wildman–Crippen LogP) is 0.652. The summed E-state index contributed by atoms with van der Waals surface area (Å²) in [5.41, 5.74) is 6.13. The molecule has 2 fully saturated rings. The third-order valence-corrected chi connectivity index (χ3v) is 4.54. The van der Waals surface area contributed by atoms with Crippen LogP contribution in [-0.4, -0.2) is 46.8 Å². The van der Waals surface area contributed by atoms with E-state index in [2.05, 4.69) is 15.0 Å². The number of nitrogens with zero attached hydrogens (tertiary/aromatic N) is 2. The minimum absolute atomic E-state index is 0.0491. The van der Waals surface area contributed by atoms with Crippen LogP contribution in [0.25, 0.3) is 0 Å². The van der Waals surface area contributed by atoms with Gasteiger partial charge in [0.25, 0.3) is 5.91 Å². The van der Waals surface area contributed by atoms with E-state index in [1.54, 1.807) is 0 Å². The van der Waals surface area contributed by atoms with Crippen molar-refractivity contribution in [2.45, 2.75) is 31.7 Å². The fraction of sp³-hybridized carbons (Fsp3) is 0.615. The number of nitrogens with one attached hydrogen (secondary N) is 2. The maximum Gasteiger partial charge on any atom is 0.258 e. The molecule has 1 aromatic rings. The monoisotopic (exact) mass is 309 g/mol. The summed E-state index contributed by atoms with van der Waals surface area (Å²) in [5, 5.41) is 6.47. The first kappa shape index (κ1) is 14.1. The first-order chi connectivity index (χ1) is 10.1. The molecule has 0 unspecified atom stereocenters. The summed E-state index contributed by atoms with van der Waals surface area (Å²) in [7, 11) is 0. The molecule has 2 heterocycles. The van der Waals surface area contributed by atoms with Gasteiger partial charge in [-0.3, -0.25) is 9.59 Å². The molecule has 4 N–H and O–H groups in total. The van der Waals surface area contributed by atoms with E-state index in [1.807, 2.05) is 4.90 Å². The Morgan fingerprint density at radius 1 is 1.33 bits per heavy atom. The van der Waals surface area contributed by atoms with Gasteiger partial charge in [-0.05, 0) is 37.2 Å². The molecule has 0 aromatic carbocycles. The van der Waals surface area contributed by atoms with Crippen LogP contribution in [0.2, 0.25) is 0 Å². The highest BCUT2D eigenvalue weighted by atomic mass is 32.1. The average molecular weight is 309 g/mol. The van der Waals surface area contributed by atoms with Crippen molar-refractivity contribution in [2.24, 2.45) is 0 Å². The van der Waals surface area contributed by atoms with Crippen LogP contribution in [0.5, 0.6) is 0 Å². The number of nitrogen functional groups attached to an aromatic ring is 1. The Kier molecular flexibility index (Phi) is 3.96. The molecule has 1 aliphatic carbocycles. The Bertz CT molecular complexity index is 549. The molecule has 1 saturated carbocycles. The molecule has 0 spiro atoms. The molecule has 1 saturated heterocycles. The van der Waals surface area contributed by atoms with Crippen molar-refractivity contribution in [3.05, 3.63) is 5.56 Å². The molecule has 8 heteroatoms. The molecule has 1 aliphatic heterocycles. The van der Waals surface area contributed by atoms with Gasteiger partial charge < -0.3 is 21.3 Å². The van der Waals surface area contributed by atoms with Crippen LogP contribution in [0.3, 0.4) is 0 Å². The van der Waals surface area contributed by atoms with Crippen molar-refractivity contribution in [2.75, 3.05) is 30.7 Å². The van der Waals surface area contributed by atoms with Crippen molar-refractivity contribution in [1.29, 1.82) is 0 Å². The van der Waals surface area contributed by atoms with Gasteiger partial charge in [-0.25, -0.2) is 0 Å². The Morgan fingerprint density at radius 2 is 2.05 bits per heavy atom. The average Bonchev–Trinajstić information content (AvgIpc) is 2.98. The Balaban J connectivity index is 1.62. The minimum atomic E-state index is -0.208. The molecular weight excluding hydrogens is 290 g/mol. The summed E-state index contributed by atoms with van der Waals surface area (Å²) in [5.74, 6) is 0.0576. The quantitative estimate of drug-likeness (QED) is 0.741. The number of nitrogens with two attached hydrogens (primary N) is 1. The summed E-state index contributed by atoms with van der Waals surface area (Å²) in [4.78, 5) is 26.0. The third-order valence-electron chi connectivity index (χ3n) is 3.72. The van der Waals surface area contributed by atoms with Crippen LogP contribution in [0, 0.1) is 0 Å². The Labute approximate surface area is 127 Å². The van der Waals surface area contributed by atoms with E-state index in [0.717, 1.165) is 50.3 Å². The number of hydrogen-bond donors (Lipinski definition) is 3. The van der Waals surface area contributed by atoms with E-state index in [9.17, 15) is 9.59 Å². The van der Waals surface area contributed by atoms with Gasteiger partial charge in [-0.2, -0.15) is 4.37 Å². The highest BCUT2D eigenvalue weighted by Gasteiger charge is 2.28. The SMILES string of the molecule is Nc1nsc(NCC(=O)N2CCCC2)c1C(=O)NC1CC1. The van der Waals surface area contributed by atoms with Crippen LogP contribution < -0.4 is 16.4 Å². The summed E-state index contributed by atoms with van der Waals surface area (Å²) < 4.78 is 4.01. The second-order valence-corrected chi connectivity index (χ2v) is 6.23. The lowest BCUT2D eigenvalue weighted by Crippen LogP contribution is -2.33. The van der Waals surface area contributed by atoms with Crippen LogP contribution >= 0.6 is 11.5 Å². The molecule has 3 rings (SSSR count). The molecule has 7 nitrogen and oxygen atoms in total. The number of carbonyl (C=O) groups excluding carboxylic acids is 2.